The highest BCUT2D eigenvalue weighted by molar-refractivity contribution is 5.99. The molecule has 1 aliphatic rings. The smallest absolute Gasteiger partial charge is 0.355 e. The van der Waals surface area contributed by atoms with Crippen LogP contribution in [0.3, 0.4) is 0 Å². The number of rotatable bonds is 4. The maximum Gasteiger partial charge on any atom is 0.355 e. The number of hydrogen-bond donors (Lipinski definition) is 1. The second-order valence-electron chi connectivity index (χ2n) is 4.15. The Kier molecular flexibility index (Phi) is 3.12. The number of esters is 1. The van der Waals surface area contributed by atoms with Crippen molar-refractivity contribution >= 4 is 11.8 Å². The molecule has 0 fully saturated rings. The summed E-state index contributed by atoms with van der Waals surface area (Å²) in [5.74, 6) is 0.253. The van der Waals surface area contributed by atoms with Crippen LogP contribution in [-0.2, 0) is 4.74 Å². The minimum absolute atomic E-state index is 0.148. The number of H-pyrrole nitrogens is 1. The van der Waals surface area contributed by atoms with Gasteiger partial charge in [-0.1, -0.05) is 0 Å². The fraction of sp³-hybridized carbons (Fsp3) is 0.143. The van der Waals surface area contributed by atoms with Crippen LogP contribution in [0.15, 0.2) is 36.5 Å². The van der Waals surface area contributed by atoms with Gasteiger partial charge in [-0.15, -0.1) is 0 Å². The Morgan fingerprint density at radius 2 is 2.05 bits per heavy atom. The fourth-order valence-electron chi connectivity index (χ4n) is 1.82. The summed E-state index contributed by atoms with van der Waals surface area (Å²) in [5.41, 5.74) is 0.719. The third-order valence-electron chi connectivity index (χ3n) is 2.85. The van der Waals surface area contributed by atoms with E-state index in [-0.39, 0.29) is 19.2 Å². The molecule has 2 heterocycles. The Balaban J connectivity index is 1.63. The molecule has 0 bridgehead atoms. The van der Waals surface area contributed by atoms with Gasteiger partial charge in [0.2, 0.25) is 6.79 Å². The van der Waals surface area contributed by atoms with Crippen molar-refractivity contribution in [1.29, 1.82) is 0 Å². The van der Waals surface area contributed by atoms with Crippen LogP contribution in [0.5, 0.6) is 11.5 Å². The van der Waals surface area contributed by atoms with Crippen molar-refractivity contribution in [1.82, 2.24) is 4.98 Å². The molecule has 0 radical (unpaired) electrons. The summed E-state index contributed by atoms with van der Waals surface area (Å²) in [5, 5.41) is 0. The molecule has 0 unspecified atom stereocenters. The maximum atomic E-state index is 11.9. The second kappa shape index (κ2) is 5.08. The van der Waals surface area contributed by atoms with Crippen LogP contribution in [0.2, 0.25) is 0 Å². The molecule has 1 aromatic carbocycles. The first kappa shape index (κ1) is 12.3. The maximum absolute atomic E-state index is 11.9. The number of nitrogens with one attached hydrogen (secondary N) is 1. The predicted molar refractivity (Wildman–Crippen MR) is 68.0 cm³/mol. The zero-order chi connectivity index (χ0) is 13.9. The highest BCUT2D eigenvalue weighted by atomic mass is 16.7. The number of aromatic amines is 1. The number of carbonyl (C=O) groups excluding carboxylic acids is 2. The molecule has 0 aliphatic carbocycles. The summed E-state index contributed by atoms with van der Waals surface area (Å²) in [6.45, 7) is -0.174. The molecule has 1 aliphatic heterocycles. The lowest BCUT2D eigenvalue weighted by atomic mass is 10.1. The largest absolute Gasteiger partial charge is 0.454 e. The van der Waals surface area contributed by atoms with Crippen molar-refractivity contribution in [2.24, 2.45) is 0 Å². The number of Topliss-reactive ketones (excluding diaryl/α,β-unsaturated/α-hetero) is 1. The van der Waals surface area contributed by atoms with E-state index in [2.05, 4.69) is 4.98 Å². The number of carbonyl (C=O) groups is 2. The Labute approximate surface area is 114 Å². The molecule has 2 aromatic rings. The van der Waals surface area contributed by atoms with Gasteiger partial charge in [-0.25, -0.2) is 4.79 Å². The van der Waals surface area contributed by atoms with Crippen LogP contribution in [0.25, 0.3) is 0 Å². The van der Waals surface area contributed by atoms with Crippen molar-refractivity contribution in [2.45, 2.75) is 0 Å². The third-order valence-corrected chi connectivity index (χ3v) is 2.85. The summed E-state index contributed by atoms with van der Waals surface area (Å²) < 4.78 is 15.3. The fourth-order valence-corrected chi connectivity index (χ4v) is 1.82. The van der Waals surface area contributed by atoms with Crippen molar-refractivity contribution in [3.63, 3.8) is 0 Å². The Morgan fingerprint density at radius 1 is 1.20 bits per heavy atom. The van der Waals surface area contributed by atoms with Gasteiger partial charge in [0.1, 0.15) is 5.69 Å². The van der Waals surface area contributed by atoms with Crippen molar-refractivity contribution < 1.29 is 23.8 Å². The molecule has 0 saturated heterocycles. The van der Waals surface area contributed by atoms with Gasteiger partial charge < -0.3 is 19.2 Å². The van der Waals surface area contributed by atoms with E-state index >= 15 is 0 Å². The van der Waals surface area contributed by atoms with E-state index in [0.29, 0.717) is 22.8 Å². The zero-order valence-corrected chi connectivity index (χ0v) is 10.4. The molecule has 0 spiro atoms. The lowest BCUT2D eigenvalue weighted by Crippen LogP contribution is -2.14. The van der Waals surface area contributed by atoms with E-state index in [4.69, 9.17) is 14.2 Å². The molecule has 0 atom stereocenters. The Hall–Kier alpha value is -2.76. The third kappa shape index (κ3) is 2.35. The average molecular weight is 273 g/mol. The molecule has 0 saturated carbocycles. The van der Waals surface area contributed by atoms with Gasteiger partial charge in [0.25, 0.3) is 0 Å². The summed E-state index contributed by atoms with van der Waals surface area (Å²) in [7, 11) is 0. The minimum Gasteiger partial charge on any atom is -0.454 e. The molecule has 3 rings (SSSR count). The standard InChI is InChI=1S/C14H11NO5/c16-11(7-18-14(17)10-2-1-5-15-10)9-3-4-12-13(6-9)20-8-19-12/h1-6,15H,7-8H2. The minimum atomic E-state index is -0.566. The lowest BCUT2D eigenvalue weighted by Gasteiger charge is -2.04. The number of hydrogen-bond acceptors (Lipinski definition) is 5. The van der Waals surface area contributed by atoms with Gasteiger partial charge in [0.15, 0.2) is 23.9 Å². The quantitative estimate of drug-likeness (QED) is 0.678. The monoisotopic (exact) mass is 273 g/mol. The van der Waals surface area contributed by atoms with Crippen LogP contribution in [0.1, 0.15) is 20.8 Å². The highest BCUT2D eigenvalue weighted by Crippen LogP contribution is 2.32. The van der Waals surface area contributed by atoms with Crippen molar-refractivity contribution in [3.05, 3.63) is 47.8 Å². The molecule has 6 heteroatoms. The number of benzene rings is 1. The molecular weight excluding hydrogens is 262 g/mol. The van der Waals surface area contributed by atoms with Crippen LogP contribution in [0, 0.1) is 0 Å². The first-order chi connectivity index (χ1) is 9.74. The lowest BCUT2D eigenvalue weighted by molar-refractivity contribution is 0.0469. The van der Waals surface area contributed by atoms with Gasteiger partial charge >= 0.3 is 5.97 Å². The van der Waals surface area contributed by atoms with Crippen LogP contribution in [-0.4, -0.2) is 30.1 Å². The molecule has 6 nitrogen and oxygen atoms in total. The van der Waals surface area contributed by atoms with E-state index in [1.54, 1.807) is 36.5 Å². The first-order valence-corrected chi connectivity index (χ1v) is 5.97. The van der Waals surface area contributed by atoms with Gasteiger partial charge in [0, 0.05) is 11.8 Å². The van der Waals surface area contributed by atoms with E-state index in [9.17, 15) is 9.59 Å². The average Bonchev–Trinajstić information content (AvgIpc) is 3.13. The van der Waals surface area contributed by atoms with Crippen LogP contribution in [0.4, 0.5) is 0 Å². The van der Waals surface area contributed by atoms with E-state index < -0.39 is 5.97 Å². The van der Waals surface area contributed by atoms with E-state index in [1.807, 2.05) is 0 Å². The zero-order valence-electron chi connectivity index (χ0n) is 10.4. The van der Waals surface area contributed by atoms with E-state index in [0.717, 1.165) is 0 Å². The van der Waals surface area contributed by atoms with Crippen LogP contribution >= 0.6 is 0 Å². The summed E-state index contributed by atoms with van der Waals surface area (Å²) >= 11 is 0. The van der Waals surface area contributed by atoms with E-state index in [1.165, 1.54) is 0 Å². The molecule has 1 aromatic heterocycles. The SMILES string of the molecule is O=C(COC(=O)c1ccc[nH]1)c1ccc2c(c1)OCO2. The Morgan fingerprint density at radius 3 is 2.85 bits per heavy atom. The van der Waals surface area contributed by atoms with Gasteiger partial charge in [-0.05, 0) is 30.3 Å². The number of ether oxygens (including phenoxy) is 3. The van der Waals surface area contributed by atoms with Crippen molar-refractivity contribution in [3.8, 4) is 11.5 Å². The van der Waals surface area contributed by atoms with Gasteiger partial charge in [0.05, 0.1) is 0 Å². The Bertz CT molecular complexity index is 648. The predicted octanol–water partition coefficient (Wildman–Crippen LogP) is 1.78. The topological polar surface area (TPSA) is 77.6 Å². The number of fused-ring (bicyclic) bond motifs is 1. The molecular formula is C14H11NO5. The molecule has 0 amide bonds. The number of aromatic nitrogens is 1. The molecule has 20 heavy (non-hydrogen) atoms. The van der Waals surface area contributed by atoms with Crippen molar-refractivity contribution in [2.75, 3.05) is 13.4 Å². The van der Waals surface area contributed by atoms with Gasteiger partial charge in [-0.2, -0.15) is 0 Å². The second-order valence-corrected chi connectivity index (χ2v) is 4.15. The van der Waals surface area contributed by atoms with Gasteiger partial charge in [-0.3, -0.25) is 4.79 Å². The number of ketones is 1. The first-order valence-electron chi connectivity index (χ1n) is 5.97. The molecule has 102 valence electrons. The summed E-state index contributed by atoms with van der Waals surface area (Å²) in [6.07, 6.45) is 1.61. The normalized spacial score (nSPS) is 12.2. The summed E-state index contributed by atoms with van der Waals surface area (Å²) in [4.78, 5) is 26.2. The van der Waals surface area contributed by atoms with Crippen LogP contribution < -0.4 is 9.47 Å². The molecule has 1 N–H and O–H groups in total. The highest BCUT2D eigenvalue weighted by Gasteiger charge is 2.17. The summed E-state index contributed by atoms with van der Waals surface area (Å²) in [6, 6.07) is 8.09.